The van der Waals surface area contributed by atoms with Gasteiger partial charge in [-0.25, -0.2) is 0 Å². The fraction of sp³-hybridized carbons (Fsp3) is 0.143. The molecule has 1 aromatic heterocycles. The standard InChI is InChI=1S/C7H3BrF3NO/c8-5-1-2-12-3-4(5)6(13)7(9,10)11/h1-3H. The molecule has 70 valence electrons. The second kappa shape index (κ2) is 3.45. The molecular formula is C7H3BrF3NO. The molecule has 0 amide bonds. The molecule has 0 bridgehead atoms. The number of pyridine rings is 1. The van der Waals surface area contributed by atoms with Crippen LogP contribution in [0, 0.1) is 0 Å². The summed E-state index contributed by atoms with van der Waals surface area (Å²) in [5, 5.41) is 0. The minimum absolute atomic E-state index is 0.0878. The summed E-state index contributed by atoms with van der Waals surface area (Å²) in [6.45, 7) is 0. The Morgan fingerprint density at radius 3 is 2.54 bits per heavy atom. The third kappa shape index (κ3) is 2.27. The summed E-state index contributed by atoms with van der Waals surface area (Å²) in [7, 11) is 0. The summed E-state index contributed by atoms with van der Waals surface area (Å²) < 4.78 is 35.8. The van der Waals surface area contributed by atoms with E-state index < -0.39 is 17.5 Å². The molecule has 0 saturated carbocycles. The van der Waals surface area contributed by atoms with E-state index >= 15 is 0 Å². The normalized spacial score (nSPS) is 11.4. The van der Waals surface area contributed by atoms with Crippen molar-refractivity contribution in [2.75, 3.05) is 0 Å². The van der Waals surface area contributed by atoms with Gasteiger partial charge in [-0.2, -0.15) is 13.2 Å². The van der Waals surface area contributed by atoms with Crippen molar-refractivity contribution in [3.05, 3.63) is 28.5 Å². The second-order valence-corrected chi connectivity index (χ2v) is 3.04. The van der Waals surface area contributed by atoms with Gasteiger partial charge in [0, 0.05) is 16.9 Å². The van der Waals surface area contributed by atoms with Gasteiger partial charge in [0.25, 0.3) is 5.78 Å². The van der Waals surface area contributed by atoms with Crippen LogP contribution in [0.1, 0.15) is 10.4 Å². The van der Waals surface area contributed by atoms with E-state index in [9.17, 15) is 18.0 Å². The molecule has 0 aliphatic rings. The smallest absolute Gasteiger partial charge is 0.284 e. The molecule has 0 aromatic carbocycles. The van der Waals surface area contributed by atoms with E-state index in [1.807, 2.05) is 0 Å². The van der Waals surface area contributed by atoms with Gasteiger partial charge < -0.3 is 0 Å². The Hall–Kier alpha value is -0.910. The fourth-order valence-electron chi connectivity index (χ4n) is 0.697. The van der Waals surface area contributed by atoms with Crippen LogP contribution in [0.3, 0.4) is 0 Å². The quantitative estimate of drug-likeness (QED) is 0.721. The molecule has 6 heteroatoms. The molecule has 0 saturated heterocycles. The Morgan fingerprint density at radius 1 is 1.46 bits per heavy atom. The van der Waals surface area contributed by atoms with E-state index in [0.717, 1.165) is 6.20 Å². The summed E-state index contributed by atoms with van der Waals surface area (Å²) in [5.41, 5.74) is -0.477. The molecular weight excluding hydrogens is 251 g/mol. The minimum atomic E-state index is -4.86. The summed E-state index contributed by atoms with van der Waals surface area (Å²) >= 11 is 2.83. The zero-order chi connectivity index (χ0) is 10.1. The van der Waals surface area contributed by atoms with E-state index in [4.69, 9.17) is 0 Å². The van der Waals surface area contributed by atoms with Gasteiger partial charge in [0.15, 0.2) is 0 Å². The Bertz CT molecular complexity index is 337. The van der Waals surface area contributed by atoms with Gasteiger partial charge in [0.05, 0.1) is 5.56 Å². The van der Waals surface area contributed by atoms with Gasteiger partial charge in [-0.1, -0.05) is 0 Å². The first kappa shape index (κ1) is 10.2. The number of rotatable bonds is 1. The number of hydrogen-bond donors (Lipinski definition) is 0. The first-order valence-corrected chi connectivity index (χ1v) is 3.93. The highest BCUT2D eigenvalue weighted by molar-refractivity contribution is 9.10. The monoisotopic (exact) mass is 253 g/mol. The van der Waals surface area contributed by atoms with E-state index in [1.165, 1.54) is 12.3 Å². The Morgan fingerprint density at radius 2 is 2.08 bits per heavy atom. The number of ketones is 1. The molecule has 1 rings (SSSR count). The lowest BCUT2D eigenvalue weighted by molar-refractivity contribution is -0.0885. The van der Waals surface area contributed by atoms with Crippen LogP contribution >= 0.6 is 15.9 Å². The van der Waals surface area contributed by atoms with Crippen molar-refractivity contribution in [2.24, 2.45) is 0 Å². The van der Waals surface area contributed by atoms with Crippen molar-refractivity contribution >= 4 is 21.7 Å². The summed E-state index contributed by atoms with van der Waals surface area (Å²) in [6, 6.07) is 1.28. The van der Waals surface area contributed by atoms with Crippen LogP contribution in [0.5, 0.6) is 0 Å². The second-order valence-electron chi connectivity index (χ2n) is 2.18. The SMILES string of the molecule is O=C(c1cnccc1Br)C(F)(F)F. The number of carbonyl (C=O) groups is 1. The van der Waals surface area contributed by atoms with Crippen molar-refractivity contribution < 1.29 is 18.0 Å². The molecule has 1 aromatic rings. The van der Waals surface area contributed by atoms with Crippen molar-refractivity contribution in [1.29, 1.82) is 0 Å². The maximum Gasteiger partial charge on any atom is 0.454 e. The summed E-state index contributed by atoms with van der Waals surface area (Å²) in [5.74, 6) is -1.90. The van der Waals surface area contributed by atoms with Crippen LogP contribution in [0.2, 0.25) is 0 Å². The van der Waals surface area contributed by atoms with E-state index in [0.29, 0.717) is 0 Å². The van der Waals surface area contributed by atoms with Gasteiger partial charge in [-0.3, -0.25) is 9.78 Å². The number of aromatic nitrogens is 1. The van der Waals surface area contributed by atoms with E-state index in [1.54, 1.807) is 0 Å². The highest BCUT2D eigenvalue weighted by atomic mass is 79.9. The van der Waals surface area contributed by atoms with Gasteiger partial charge in [-0.05, 0) is 22.0 Å². The molecule has 0 unspecified atom stereocenters. The van der Waals surface area contributed by atoms with E-state index in [2.05, 4.69) is 20.9 Å². The van der Waals surface area contributed by atoms with Crippen molar-refractivity contribution in [3.63, 3.8) is 0 Å². The van der Waals surface area contributed by atoms with Crippen LogP contribution in [0.25, 0.3) is 0 Å². The molecule has 0 N–H and O–H groups in total. The van der Waals surface area contributed by atoms with Crippen molar-refractivity contribution in [3.8, 4) is 0 Å². The molecule has 0 spiro atoms. The predicted molar refractivity (Wildman–Crippen MR) is 42.3 cm³/mol. The summed E-state index contributed by atoms with van der Waals surface area (Å²) in [4.78, 5) is 14.1. The van der Waals surface area contributed by atoms with Crippen molar-refractivity contribution in [2.45, 2.75) is 6.18 Å². The van der Waals surface area contributed by atoms with Crippen LogP contribution in [0.15, 0.2) is 22.9 Å². The lowest BCUT2D eigenvalue weighted by Gasteiger charge is -2.05. The Kier molecular flexibility index (Phi) is 2.70. The molecule has 1 heterocycles. The molecule has 0 atom stereocenters. The maximum atomic E-state index is 11.9. The third-order valence-electron chi connectivity index (χ3n) is 1.27. The van der Waals surface area contributed by atoms with Gasteiger partial charge in [-0.15, -0.1) is 0 Å². The molecule has 0 aliphatic carbocycles. The van der Waals surface area contributed by atoms with Crippen LogP contribution in [-0.4, -0.2) is 16.9 Å². The minimum Gasteiger partial charge on any atom is -0.284 e. The number of carbonyl (C=O) groups excluding carboxylic acids is 1. The Labute approximate surface area is 79.9 Å². The topological polar surface area (TPSA) is 30.0 Å². The van der Waals surface area contributed by atoms with Crippen LogP contribution in [-0.2, 0) is 0 Å². The first-order chi connectivity index (χ1) is 5.93. The van der Waals surface area contributed by atoms with E-state index in [-0.39, 0.29) is 4.47 Å². The average molecular weight is 254 g/mol. The van der Waals surface area contributed by atoms with Crippen LogP contribution in [0.4, 0.5) is 13.2 Å². The zero-order valence-electron chi connectivity index (χ0n) is 6.10. The molecule has 13 heavy (non-hydrogen) atoms. The predicted octanol–water partition coefficient (Wildman–Crippen LogP) is 2.59. The van der Waals surface area contributed by atoms with Crippen LogP contribution < -0.4 is 0 Å². The number of Topliss-reactive ketones (excluding diaryl/α,β-unsaturated/α-hetero) is 1. The van der Waals surface area contributed by atoms with Gasteiger partial charge in [0.2, 0.25) is 0 Å². The fourth-order valence-corrected chi connectivity index (χ4v) is 1.10. The highest BCUT2D eigenvalue weighted by Crippen LogP contribution is 2.25. The average Bonchev–Trinajstić information content (AvgIpc) is 2.02. The maximum absolute atomic E-state index is 11.9. The largest absolute Gasteiger partial charge is 0.454 e. The summed E-state index contributed by atoms with van der Waals surface area (Å²) in [6.07, 6.45) is -2.69. The number of alkyl halides is 3. The van der Waals surface area contributed by atoms with Gasteiger partial charge >= 0.3 is 6.18 Å². The first-order valence-electron chi connectivity index (χ1n) is 3.14. The lowest BCUT2D eigenvalue weighted by atomic mass is 10.2. The third-order valence-corrected chi connectivity index (χ3v) is 1.96. The molecule has 0 aliphatic heterocycles. The molecule has 0 fully saturated rings. The number of halogens is 4. The Balaban J connectivity index is 3.10. The lowest BCUT2D eigenvalue weighted by Crippen LogP contribution is -2.23. The number of hydrogen-bond acceptors (Lipinski definition) is 2. The van der Waals surface area contributed by atoms with Gasteiger partial charge in [0.1, 0.15) is 0 Å². The highest BCUT2D eigenvalue weighted by Gasteiger charge is 2.40. The molecule has 2 nitrogen and oxygen atoms in total. The zero-order valence-corrected chi connectivity index (χ0v) is 7.69. The molecule has 0 radical (unpaired) electrons. The van der Waals surface area contributed by atoms with Crippen molar-refractivity contribution in [1.82, 2.24) is 4.98 Å². The number of nitrogens with zero attached hydrogens (tertiary/aromatic N) is 1.